The highest BCUT2D eigenvalue weighted by Gasteiger charge is 2.09. The van der Waals surface area contributed by atoms with E-state index in [1.165, 1.54) is 0 Å². The van der Waals surface area contributed by atoms with Gasteiger partial charge in [-0.2, -0.15) is 0 Å². The van der Waals surface area contributed by atoms with Gasteiger partial charge in [-0.15, -0.1) is 0 Å². The molecular weight excluding hydrogens is 234 g/mol. The largest absolute Gasteiger partial charge is 0.548 e. The van der Waals surface area contributed by atoms with Crippen molar-refractivity contribution in [3.8, 4) is 0 Å². The SMILES string of the molecule is CCCc1cccc(N(CC(=O)[O-])NC(N)=O)c1. The van der Waals surface area contributed by atoms with E-state index in [2.05, 4.69) is 5.43 Å². The molecule has 1 aromatic carbocycles. The average molecular weight is 250 g/mol. The van der Waals surface area contributed by atoms with Gasteiger partial charge in [0.2, 0.25) is 0 Å². The fourth-order valence-corrected chi connectivity index (χ4v) is 1.63. The van der Waals surface area contributed by atoms with Crippen LogP contribution in [0.2, 0.25) is 0 Å². The monoisotopic (exact) mass is 250 g/mol. The van der Waals surface area contributed by atoms with Gasteiger partial charge in [0.25, 0.3) is 0 Å². The molecule has 0 aliphatic rings. The first-order valence-electron chi connectivity index (χ1n) is 5.65. The Balaban J connectivity index is 2.92. The molecular formula is C12H16N3O3-. The normalized spacial score (nSPS) is 9.83. The van der Waals surface area contributed by atoms with Crippen LogP contribution in [0.1, 0.15) is 18.9 Å². The van der Waals surface area contributed by atoms with E-state index in [0.717, 1.165) is 23.4 Å². The lowest BCUT2D eigenvalue weighted by Gasteiger charge is -2.25. The molecule has 0 atom stereocenters. The van der Waals surface area contributed by atoms with Gasteiger partial charge >= 0.3 is 6.03 Å². The molecule has 98 valence electrons. The Labute approximate surface area is 105 Å². The summed E-state index contributed by atoms with van der Waals surface area (Å²) in [5.41, 5.74) is 8.87. The Morgan fingerprint density at radius 1 is 1.44 bits per heavy atom. The van der Waals surface area contributed by atoms with Crippen LogP contribution in [0, 0.1) is 0 Å². The van der Waals surface area contributed by atoms with Crippen LogP contribution in [0.25, 0.3) is 0 Å². The number of nitrogens with one attached hydrogen (secondary N) is 1. The number of hydrogen-bond donors (Lipinski definition) is 2. The van der Waals surface area contributed by atoms with Crippen LogP contribution in [0.4, 0.5) is 10.5 Å². The third kappa shape index (κ3) is 4.32. The van der Waals surface area contributed by atoms with E-state index in [9.17, 15) is 14.7 Å². The molecule has 0 saturated carbocycles. The summed E-state index contributed by atoms with van der Waals surface area (Å²) in [6.45, 7) is 1.59. The zero-order valence-electron chi connectivity index (χ0n) is 10.2. The molecule has 6 nitrogen and oxygen atoms in total. The molecule has 0 bridgehead atoms. The number of nitrogens with two attached hydrogens (primary N) is 1. The second-order valence-corrected chi connectivity index (χ2v) is 3.85. The minimum absolute atomic E-state index is 0.460. The number of amides is 2. The van der Waals surface area contributed by atoms with Gasteiger partial charge in [-0.3, -0.25) is 5.01 Å². The minimum atomic E-state index is -1.30. The summed E-state index contributed by atoms with van der Waals surface area (Å²) in [4.78, 5) is 21.5. The van der Waals surface area contributed by atoms with Crippen LogP contribution in [0.3, 0.4) is 0 Å². The van der Waals surface area contributed by atoms with Crippen molar-refractivity contribution in [2.45, 2.75) is 19.8 Å². The van der Waals surface area contributed by atoms with Gasteiger partial charge in [-0.25, -0.2) is 10.2 Å². The van der Waals surface area contributed by atoms with E-state index in [0.29, 0.717) is 5.69 Å². The second kappa shape index (κ2) is 6.48. The second-order valence-electron chi connectivity index (χ2n) is 3.85. The van der Waals surface area contributed by atoms with Crippen molar-refractivity contribution >= 4 is 17.7 Å². The van der Waals surface area contributed by atoms with Crippen molar-refractivity contribution in [2.75, 3.05) is 11.6 Å². The summed E-state index contributed by atoms with van der Waals surface area (Å²) in [7, 11) is 0. The molecule has 18 heavy (non-hydrogen) atoms. The average Bonchev–Trinajstić information content (AvgIpc) is 2.28. The first-order valence-corrected chi connectivity index (χ1v) is 5.65. The fourth-order valence-electron chi connectivity index (χ4n) is 1.63. The van der Waals surface area contributed by atoms with Crippen molar-refractivity contribution in [3.63, 3.8) is 0 Å². The Hall–Kier alpha value is -2.24. The topological polar surface area (TPSA) is 98.5 Å². The zero-order valence-corrected chi connectivity index (χ0v) is 10.2. The molecule has 0 heterocycles. The highest BCUT2D eigenvalue weighted by atomic mass is 16.4. The molecule has 0 saturated heterocycles. The number of carbonyl (C=O) groups excluding carboxylic acids is 2. The Morgan fingerprint density at radius 2 is 2.17 bits per heavy atom. The van der Waals surface area contributed by atoms with Crippen molar-refractivity contribution in [2.24, 2.45) is 5.73 Å². The molecule has 0 radical (unpaired) electrons. The van der Waals surface area contributed by atoms with Gasteiger partial charge in [-0.05, 0) is 24.1 Å². The standard InChI is InChI=1S/C12H17N3O3/c1-2-4-9-5-3-6-10(7-9)15(8-11(16)17)14-12(13)18/h3,5-7H,2,4,8H2,1H3,(H,16,17)(H3,13,14,18)/p-1. The number of rotatable bonds is 6. The smallest absolute Gasteiger partial charge is 0.330 e. The van der Waals surface area contributed by atoms with E-state index < -0.39 is 18.5 Å². The van der Waals surface area contributed by atoms with Gasteiger partial charge in [0, 0.05) is 0 Å². The number of hydrazine groups is 1. The summed E-state index contributed by atoms with van der Waals surface area (Å²) in [5.74, 6) is -1.30. The molecule has 1 aromatic rings. The third-order valence-corrected chi connectivity index (χ3v) is 2.29. The number of aliphatic carboxylic acids is 1. The van der Waals surface area contributed by atoms with Crippen LogP contribution in [-0.4, -0.2) is 18.5 Å². The zero-order chi connectivity index (χ0) is 13.5. The van der Waals surface area contributed by atoms with E-state index in [1.807, 2.05) is 19.1 Å². The summed E-state index contributed by atoms with van der Waals surface area (Å²) in [6, 6.07) is 6.41. The van der Waals surface area contributed by atoms with E-state index >= 15 is 0 Å². The highest BCUT2D eigenvalue weighted by molar-refractivity contribution is 5.78. The lowest BCUT2D eigenvalue weighted by Crippen LogP contribution is -2.50. The first-order chi connectivity index (χ1) is 8.52. The predicted octanol–water partition coefficient (Wildman–Crippen LogP) is -0.221. The third-order valence-electron chi connectivity index (χ3n) is 2.29. The summed E-state index contributed by atoms with van der Waals surface area (Å²) in [6.07, 6.45) is 1.86. The number of urea groups is 1. The maximum absolute atomic E-state index is 10.8. The van der Waals surface area contributed by atoms with E-state index in [1.54, 1.807) is 12.1 Å². The quantitative estimate of drug-likeness (QED) is 0.682. The number of carboxylic acid groups (broad SMARTS) is 1. The molecule has 0 unspecified atom stereocenters. The van der Waals surface area contributed by atoms with Gasteiger partial charge in [0.15, 0.2) is 0 Å². The molecule has 0 spiro atoms. The number of carbonyl (C=O) groups is 2. The molecule has 2 amide bonds. The number of anilines is 1. The molecule has 6 heteroatoms. The van der Waals surface area contributed by atoms with Crippen molar-refractivity contribution < 1.29 is 14.7 Å². The maximum atomic E-state index is 10.8. The number of nitrogens with zero attached hydrogens (tertiary/aromatic N) is 1. The molecule has 0 aliphatic carbocycles. The van der Waals surface area contributed by atoms with Gasteiger partial charge < -0.3 is 15.6 Å². The maximum Gasteiger partial charge on any atom is 0.330 e. The van der Waals surface area contributed by atoms with Gasteiger partial charge in [0.1, 0.15) is 0 Å². The van der Waals surface area contributed by atoms with Crippen LogP contribution in [-0.2, 0) is 11.2 Å². The number of carboxylic acids is 1. The first kappa shape index (κ1) is 13.8. The molecule has 0 fully saturated rings. The Morgan fingerprint density at radius 3 is 2.72 bits per heavy atom. The number of aryl methyl sites for hydroxylation is 1. The Bertz CT molecular complexity index is 418. The highest BCUT2D eigenvalue weighted by Crippen LogP contribution is 2.15. The van der Waals surface area contributed by atoms with E-state index in [-0.39, 0.29) is 0 Å². The summed E-state index contributed by atoms with van der Waals surface area (Å²) < 4.78 is 0. The summed E-state index contributed by atoms with van der Waals surface area (Å²) >= 11 is 0. The predicted molar refractivity (Wildman–Crippen MR) is 65.5 cm³/mol. The van der Waals surface area contributed by atoms with Crippen LogP contribution in [0.5, 0.6) is 0 Å². The number of benzene rings is 1. The number of hydrogen-bond acceptors (Lipinski definition) is 4. The lowest BCUT2D eigenvalue weighted by molar-refractivity contribution is -0.303. The number of primary amides is 1. The molecule has 0 aromatic heterocycles. The minimum Gasteiger partial charge on any atom is -0.548 e. The fraction of sp³-hybridized carbons (Fsp3) is 0.333. The van der Waals surface area contributed by atoms with Crippen molar-refractivity contribution in [1.82, 2.24) is 5.43 Å². The van der Waals surface area contributed by atoms with Gasteiger partial charge in [0.05, 0.1) is 18.2 Å². The summed E-state index contributed by atoms with van der Waals surface area (Å²) in [5, 5.41) is 11.8. The van der Waals surface area contributed by atoms with Gasteiger partial charge in [-0.1, -0.05) is 25.5 Å². The van der Waals surface area contributed by atoms with E-state index in [4.69, 9.17) is 5.73 Å². The van der Waals surface area contributed by atoms with Crippen molar-refractivity contribution in [3.05, 3.63) is 29.8 Å². The van der Waals surface area contributed by atoms with Crippen LogP contribution >= 0.6 is 0 Å². The van der Waals surface area contributed by atoms with Crippen LogP contribution < -0.4 is 21.3 Å². The Kier molecular flexibility index (Phi) is 4.98. The van der Waals surface area contributed by atoms with Crippen molar-refractivity contribution in [1.29, 1.82) is 0 Å². The molecule has 3 N–H and O–H groups in total. The van der Waals surface area contributed by atoms with Crippen LogP contribution in [0.15, 0.2) is 24.3 Å². The molecule has 1 rings (SSSR count). The lowest BCUT2D eigenvalue weighted by atomic mass is 10.1. The molecule has 0 aliphatic heterocycles.